The Morgan fingerprint density at radius 3 is 2.27 bits per heavy atom. The van der Waals surface area contributed by atoms with Crippen LogP contribution < -0.4 is 0 Å². The molecule has 0 bridgehead atoms. The summed E-state index contributed by atoms with van der Waals surface area (Å²) in [4.78, 5) is 12.8. The number of nitrogens with zero attached hydrogens (tertiary/aromatic N) is 1. The highest BCUT2D eigenvalue weighted by atomic mass is 19.1. The summed E-state index contributed by atoms with van der Waals surface area (Å²) in [6.45, 7) is 6.15. The molecule has 0 atom stereocenters. The summed E-state index contributed by atoms with van der Waals surface area (Å²) in [6.07, 6.45) is 0. The van der Waals surface area contributed by atoms with E-state index in [2.05, 4.69) is 0 Å². The molecule has 4 heteroatoms. The SMILES string of the molecule is CCOC(=O)c1c(-c2ccc(F)cc2)cc(-c2ccccc2)n1C(C)C. The molecule has 0 spiro atoms. The van der Waals surface area contributed by atoms with E-state index in [1.807, 2.05) is 54.8 Å². The van der Waals surface area contributed by atoms with Crippen molar-refractivity contribution in [3.8, 4) is 22.4 Å². The molecule has 0 aliphatic rings. The Morgan fingerprint density at radius 1 is 1.04 bits per heavy atom. The van der Waals surface area contributed by atoms with Crippen molar-refractivity contribution in [1.29, 1.82) is 0 Å². The number of benzene rings is 2. The highest BCUT2D eigenvalue weighted by molar-refractivity contribution is 5.98. The minimum Gasteiger partial charge on any atom is -0.461 e. The Kier molecular flexibility index (Phi) is 5.21. The molecule has 0 amide bonds. The maximum Gasteiger partial charge on any atom is 0.355 e. The fourth-order valence-electron chi connectivity index (χ4n) is 3.15. The predicted molar refractivity (Wildman–Crippen MR) is 102 cm³/mol. The molecule has 0 unspecified atom stereocenters. The standard InChI is InChI=1S/C22H22FNO2/c1-4-26-22(25)21-19(16-10-12-18(23)13-11-16)14-20(24(21)15(2)3)17-8-6-5-7-9-17/h5-15H,4H2,1-3H3. The van der Waals surface area contributed by atoms with E-state index in [1.165, 1.54) is 12.1 Å². The Balaban J connectivity index is 2.28. The summed E-state index contributed by atoms with van der Waals surface area (Å²) in [7, 11) is 0. The molecule has 0 aliphatic carbocycles. The summed E-state index contributed by atoms with van der Waals surface area (Å²) in [6, 6.07) is 18.1. The molecule has 1 heterocycles. The third-order valence-electron chi connectivity index (χ3n) is 4.25. The van der Waals surface area contributed by atoms with E-state index in [1.54, 1.807) is 19.1 Å². The van der Waals surface area contributed by atoms with Crippen LogP contribution >= 0.6 is 0 Å². The lowest BCUT2D eigenvalue weighted by atomic mass is 10.0. The molecule has 0 saturated heterocycles. The van der Waals surface area contributed by atoms with Crippen LogP contribution in [0, 0.1) is 5.82 Å². The van der Waals surface area contributed by atoms with E-state index < -0.39 is 0 Å². The fraction of sp³-hybridized carbons (Fsp3) is 0.227. The van der Waals surface area contributed by atoms with Crippen LogP contribution in [-0.4, -0.2) is 17.1 Å². The smallest absolute Gasteiger partial charge is 0.355 e. The number of rotatable bonds is 5. The minimum atomic E-state index is -0.372. The van der Waals surface area contributed by atoms with Gasteiger partial charge in [-0.2, -0.15) is 0 Å². The van der Waals surface area contributed by atoms with Crippen LogP contribution in [0.3, 0.4) is 0 Å². The summed E-state index contributed by atoms with van der Waals surface area (Å²) < 4.78 is 20.7. The molecule has 0 radical (unpaired) electrons. The molecule has 0 N–H and O–H groups in total. The van der Waals surface area contributed by atoms with Crippen molar-refractivity contribution in [2.24, 2.45) is 0 Å². The highest BCUT2D eigenvalue weighted by Gasteiger charge is 2.25. The van der Waals surface area contributed by atoms with Gasteiger partial charge < -0.3 is 9.30 Å². The average Bonchev–Trinajstić information content (AvgIpc) is 3.04. The number of aromatic nitrogens is 1. The van der Waals surface area contributed by atoms with Crippen molar-refractivity contribution in [2.75, 3.05) is 6.61 Å². The zero-order valence-corrected chi connectivity index (χ0v) is 15.2. The van der Waals surface area contributed by atoms with Crippen molar-refractivity contribution >= 4 is 5.97 Å². The van der Waals surface area contributed by atoms with Gasteiger partial charge in [-0.05, 0) is 50.1 Å². The first-order valence-corrected chi connectivity index (χ1v) is 8.76. The Labute approximate surface area is 153 Å². The van der Waals surface area contributed by atoms with E-state index in [4.69, 9.17) is 4.74 Å². The van der Waals surface area contributed by atoms with E-state index in [0.29, 0.717) is 12.3 Å². The number of esters is 1. The van der Waals surface area contributed by atoms with Crippen LogP contribution in [-0.2, 0) is 4.74 Å². The molecular formula is C22H22FNO2. The molecule has 3 rings (SSSR count). The normalized spacial score (nSPS) is 11.0. The van der Waals surface area contributed by atoms with Crippen LogP contribution in [0.15, 0.2) is 60.7 Å². The zero-order chi connectivity index (χ0) is 18.7. The Bertz CT molecular complexity index is 896. The number of carbonyl (C=O) groups is 1. The number of halogens is 1. The fourth-order valence-corrected chi connectivity index (χ4v) is 3.15. The first-order chi connectivity index (χ1) is 12.5. The van der Waals surface area contributed by atoms with Crippen LogP contribution in [0.1, 0.15) is 37.3 Å². The van der Waals surface area contributed by atoms with E-state index in [-0.39, 0.29) is 17.8 Å². The molecule has 0 saturated carbocycles. The molecule has 134 valence electrons. The molecule has 3 aromatic rings. The van der Waals surface area contributed by atoms with E-state index >= 15 is 0 Å². The van der Waals surface area contributed by atoms with Gasteiger partial charge in [0.2, 0.25) is 0 Å². The highest BCUT2D eigenvalue weighted by Crippen LogP contribution is 2.35. The second kappa shape index (κ2) is 7.56. The van der Waals surface area contributed by atoms with Gasteiger partial charge in [0.1, 0.15) is 11.5 Å². The third-order valence-corrected chi connectivity index (χ3v) is 4.25. The van der Waals surface area contributed by atoms with E-state index in [0.717, 1.165) is 22.4 Å². The molecule has 2 aromatic carbocycles. The summed E-state index contributed by atoms with van der Waals surface area (Å²) in [5.74, 6) is -0.680. The van der Waals surface area contributed by atoms with Gasteiger partial charge in [-0.25, -0.2) is 9.18 Å². The second-order valence-electron chi connectivity index (χ2n) is 6.35. The minimum absolute atomic E-state index is 0.0545. The van der Waals surface area contributed by atoms with Crippen molar-refractivity contribution in [3.63, 3.8) is 0 Å². The van der Waals surface area contributed by atoms with Gasteiger partial charge in [0.25, 0.3) is 0 Å². The second-order valence-corrected chi connectivity index (χ2v) is 6.35. The summed E-state index contributed by atoms with van der Waals surface area (Å²) in [5, 5.41) is 0. The summed E-state index contributed by atoms with van der Waals surface area (Å²) >= 11 is 0. The van der Waals surface area contributed by atoms with Gasteiger partial charge in [0, 0.05) is 17.3 Å². The lowest BCUT2D eigenvalue weighted by Gasteiger charge is -2.17. The number of carbonyl (C=O) groups excluding carboxylic acids is 1. The van der Waals surface area contributed by atoms with Crippen molar-refractivity contribution in [2.45, 2.75) is 26.8 Å². The van der Waals surface area contributed by atoms with Crippen LogP contribution in [0.5, 0.6) is 0 Å². The average molecular weight is 351 g/mol. The van der Waals surface area contributed by atoms with Crippen LogP contribution in [0.4, 0.5) is 4.39 Å². The maximum absolute atomic E-state index is 13.4. The number of hydrogen-bond donors (Lipinski definition) is 0. The maximum atomic E-state index is 13.4. The molecule has 0 aliphatic heterocycles. The van der Waals surface area contributed by atoms with Crippen molar-refractivity contribution < 1.29 is 13.9 Å². The van der Waals surface area contributed by atoms with Crippen LogP contribution in [0.25, 0.3) is 22.4 Å². The van der Waals surface area contributed by atoms with Crippen molar-refractivity contribution in [3.05, 3.63) is 72.2 Å². The predicted octanol–water partition coefficient (Wildman–Crippen LogP) is 5.72. The van der Waals surface area contributed by atoms with Gasteiger partial charge in [0.05, 0.1) is 6.61 Å². The first kappa shape index (κ1) is 17.9. The topological polar surface area (TPSA) is 31.2 Å². The molecule has 0 fully saturated rings. The van der Waals surface area contributed by atoms with Gasteiger partial charge in [-0.15, -0.1) is 0 Å². The molecule has 1 aromatic heterocycles. The van der Waals surface area contributed by atoms with Gasteiger partial charge >= 0.3 is 5.97 Å². The van der Waals surface area contributed by atoms with E-state index in [9.17, 15) is 9.18 Å². The quantitative estimate of drug-likeness (QED) is 0.551. The number of hydrogen-bond acceptors (Lipinski definition) is 2. The Hall–Kier alpha value is -2.88. The molecular weight excluding hydrogens is 329 g/mol. The largest absolute Gasteiger partial charge is 0.461 e. The Morgan fingerprint density at radius 2 is 1.69 bits per heavy atom. The number of ether oxygens (including phenoxy) is 1. The monoisotopic (exact) mass is 351 g/mol. The van der Waals surface area contributed by atoms with Crippen LogP contribution in [0.2, 0.25) is 0 Å². The third kappa shape index (κ3) is 3.40. The lowest BCUT2D eigenvalue weighted by Crippen LogP contribution is -2.15. The molecule has 26 heavy (non-hydrogen) atoms. The van der Waals surface area contributed by atoms with Gasteiger partial charge in [-0.3, -0.25) is 0 Å². The van der Waals surface area contributed by atoms with Gasteiger partial charge in [-0.1, -0.05) is 42.5 Å². The first-order valence-electron chi connectivity index (χ1n) is 8.76. The zero-order valence-electron chi connectivity index (χ0n) is 15.2. The lowest BCUT2D eigenvalue weighted by molar-refractivity contribution is 0.0513. The van der Waals surface area contributed by atoms with Crippen molar-refractivity contribution in [1.82, 2.24) is 4.57 Å². The van der Waals surface area contributed by atoms with Gasteiger partial charge in [0.15, 0.2) is 0 Å². The summed E-state index contributed by atoms with van der Waals surface area (Å²) in [5.41, 5.74) is 3.97. The molecule has 3 nitrogen and oxygen atoms in total.